The van der Waals surface area contributed by atoms with Crippen LogP contribution in [0.3, 0.4) is 0 Å². The van der Waals surface area contributed by atoms with E-state index in [1.54, 1.807) is 38.1 Å². The van der Waals surface area contributed by atoms with Crippen molar-refractivity contribution in [3.8, 4) is 5.75 Å². The van der Waals surface area contributed by atoms with Gasteiger partial charge in [-0.3, -0.25) is 4.79 Å². The molecule has 8 nitrogen and oxygen atoms in total. The largest absolute Gasteiger partial charge is 0.476 e. The molecule has 3 N–H and O–H groups in total. The SMILES string of the molecule is CC1(C)Oc2ccc(Nc3nc(NCC(F)F)c4occc4n3)cc2NC1=O. The van der Waals surface area contributed by atoms with Crippen LogP contribution >= 0.6 is 0 Å². The van der Waals surface area contributed by atoms with Crippen molar-refractivity contribution in [2.24, 2.45) is 0 Å². The van der Waals surface area contributed by atoms with Crippen molar-refractivity contribution in [2.75, 3.05) is 22.5 Å². The van der Waals surface area contributed by atoms with Gasteiger partial charge in [0.1, 0.15) is 11.3 Å². The number of nitrogens with zero attached hydrogens (tertiary/aromatic N) is 2. The molecule has 0 saturated heterocycles. The Hall–Kier alpha value is -3.43. The Kier molecular flexibility index (Phi) is 4.25. The number of anilines is 4. The quantitative estimate of drug-likeness (QED) is 0.611. The summed E-state index contributed by atoms with van der Waals surface area (Å²) in [7, 11) is 0. The van der Waals surface area contributed by atoms with Gasteiger partial charge < -0.3 is 25.1 Å². The normalized spacial score (nSPS) is 15.1. The Morgan fingerprint density at radius 3 is 2.86 bits per heavy atom. The highest BCUT2D eigenvalue weighted by atomic mass is 19.3. The topological polar surface area (TPSA) is 101 Å². The summed E-state index contributed by atoms with van der Waals surface area (Å²) in [4.78, 5) is 20.6. The summed E-state index contributed by atoms with van der Waals surface area (Å²) < 4.78 is 36.0. The molecular formula is C18H17F2N5O3. The van der Waals surface area contributed by atoms with Gasteiger partial charge in [-0.25, -0.2) is 13.8 Å². The van der Waals surface area contributed by atoms with Gasteiger partial charge in [-0.05, 0) is 32.0 Å². The average molecular weight is 389 g/mol. The molecule has 3 aromatic rings. The van der Waals surface area contributed by atoms with Crippen LogP contribution < -0.4 is 20.7 Å². The van der Waals surface area contributed by atoms with Crippen molar-refractivity contribution in [2.45, 2.75) is 25.9 Å². The lowest BCUT2D eigenvalue weighted by Gasteiger charge is -2.31. The van der Waals surface area contributed by atoms with E-state index in [4.69, 9.17) is 9.15 Å². The lowest BCUT2D eigenvalue weighted by atomic mass is 10.1. The first-order valence-corrected chi connectivity index (χ1v) is 8.50. The summed E-state index contributed by atoms with van der Waals surface area (Å²) in [6.07, 6.45) is -1.13. The molecule has 4 rings (SSSR count). The highest BCUT2D eigenvalue weighted by molar-refractivity contribution is 6.00. The second-order valence-corrected chi connectivity index (χ2v) is 6.71. The average Bonchev–Trinajstić information content (AvgIpc) is 3.09. The standard InChI is InChI=1S/C18H17F2N5O3/c1-18(2)16(26)23-11-7-9(3-4-12(11)28-18)22-17-24-10-5-6-27-14(10)15(25-17)21-8-13(19)20/h3-7,13H,8H2,1-2H3,(H,23,26)(H2,21,22,24,25). The number of carbonyl (C=O) groups is 1. The Morgan fingerprint density at radius 1 is 1.25 bits per heavy atom. The number of hydrogen-bond donors (Lipinski definition) is 3. The van der Waals surface area contributed by atoms with E-state index in [0.29, 0.717) is 28.2 Å². The Morgan fingerprint density at radius 2 is 2.07 bits per heavy atom. The summed E-state index contributed by atoms with van der Waals surface area (Å²) >= 11 is 0. The Labute approximate surface area is 158 Å². The number of fused-ring (bicyclic) bond motifs is 2. The summed E-state index contributed by atoms with van der Waals surface area (Å²) in [5.74, 6) is 0.635. The zero-order valence-corrected chi connectivity index (χ0v) is 15.0. The smallest absolute Gasteiger partial charge is 0.268 e. The van der Waals surface area contributed by atoms with Crippen molar-refractivity contribution < 1.29 is 22.7 Å². The van der Waals surface area contributed by atoms with Crippen LogP contribution in [0.4, 0.5) is 31.9 Å². The maximum atomic E-state index is 12.5. The fraction of sp³-hybridized carbons (Fsp3) is 0.278. The van der Waals surface area contributed by atoms with E-state index in [9.17, 15) is 13.6 Å². The zero-order valence-electron chi connectivity index (χ0n) is 15.0. The molecular weight excluding hydrogens is 372 g/mol. The van der Waals surface area contributed by atoms with Crippen molar-refractivity contribution in [3.05, 3.63) is 30.5 Å². The van der Waals surface area contributed by atoms with Crippen LogP contribution in [0.25, 0.3) is 11.1 Å². The van der Waals surface area contributed by atoms with Crippen LogP contribution in [0.15, 0.2) is 34.9 Å². The van der Waals surface area contributed by atoms with Gasteiger partial charge in [0.25, 0.3) is 12.3 Å². The third-order valence-corrected chi connectivity index (χ3v) is 4.12. The van der Waals surface area contributed by atoms with Crippen molar-refractivity contribution in [3.63, 3.8) is 0 Å². The minimum absolute atomic E-state index is 0.161. The second-order valence-electron chi connectivity index (χ2n) is 6.71. The summed E-state index contributed by atoms with van der Waals surface area (Å²) in [5.41, 5.74) is 0.896. The Balaban J connectivity index is 1.62. The Bertz CT molecular complexity index is 1050. The first kappa shape index (κ1) is 18.0. The maximum absolute atomic E-state index is 12.5. The number of furan rings is 1. The molecule has 0 radical (unpaired) electrons. The maximum Gasteiger partial charge on any atom is 0.268 e. The molecule has 0 aliphatic carbocycles. The van der Waals surface area contributed by atoms with E-state index in [1.165, 1.54) is 6.26 Å². The fourth-order valence-electron chi connectivity index (χ4n) is 2.73. The molecule has 0 bridgehead atoms. The van der Waals surface area contributed by atoms with E-state index in [1.807, 2.05) is 0 Å². The number of aromatic nitrogens is 2. The molecule has 0 atom stereocenters. The third kappa shape index (κ3) is 3.40. The zero-order chi connectivity index (χ0) is 19.9. The number of benzene rings is 1. The minimum Gasteiger partial charge on any atom is -0.476 e. The number of alkyl halides is 2. The van der Waals surface area contributed by atoms with Gasteiger partial charge >= 0.3 is 0 Å². The minimum atomic E-state index is -2.54. The molecule has 146 valence electrons. The van der Waals surface area contributed by atoms with Crippen molar-refractivity contribution in [1.29, 1.82) is 0 Å². The molecule has 0 unspecified atom stereocenters. The summed E-state index contributed by atoms with van der Waals surface area (Å²) in [5, 5.41) is 8.34. The number of ether oxygens (including phenoxy) is 1. The predicted molar refractivity (Wildman–Crippen MR) is 99.4 cm³/mol. The number of halogens is 2. The second kappa shape index (κ2) is 6.63. The molecule has 28 heavy (non-hydrogen) atoms. The molecule has 1 amide bonds. The molecule has 1 aromatic carbocycles. The molecule has 0 saturated carbocycles. The van der Waals surface area contributed by atoms with Gasteiger partial charge in [-0.1, -0.05) is 0 Å². The van der Waals surface area contributed by atoms with Crippen molar-refractivity contribution >= 4 is 40.1 Å². The van der Waals surface area contributed by atoms with E-state index in [0.717, 1.165) is 0 Å². The molecule has 1 aliphatic rings. The van der Waals surface area contributed by atoms with Crippen LogP contribution in [0.5, 0.6) is 5.75 Å². The van der Waals surface area contributed by atoms with Gasteiger partial charge in [-0.15, -0.1) is 0 Å². The van der Waals surface area contributed by atoms with E-state index in [-0.39, 0.29) is 17.7 Å². The molecule has 3 heterocycles. The number of hydrogen-bond acceptors (Lipinski definition) is 7. The van der Waals surface area contributed by atoms with E-state index in [2.05, 4.69) is 25.9 Å². The van der Waals surface area contributed by atoms with Gasteiger partial charge in [0.2, 0.25) is 5.95 Å². The first-order valence-electron chi connectivity index (χ1n) is 8.50. The lowest BCUT2D eigenvalue weighted by Crippen LogP contribution is -2.45. The number of amides is 1. The van der Waals surface area contributed by atoms with Crippen molar-refractivity contribution in [1.82, 2.24) is 9.97 Å². The molecule has 2 aromatic heterocycles. The lowest BCUT2D eigenvalue weighted by molar-refractivity contribution is -0.129. The van der Waals surface area contributed by atoms with E-state index >= 15 is 0 Å². The number of rotatable bonds is 5. The third-order valence-electron chi connectivity index (χ3n) is 4.12. The molecule has 0 fully saturated rings. The van der Waals surface area contributed by atoms with Crippen LogP contribution in [-0.2, 0) is 4.79 Å². The summed E-state index contributed by atoms with van der Waals surface area (Å²) in [6, 6.07) is 6.74. The van der Waals surface area contributed by atoms with Crippen LogP contribution in [0.1, 0.15) is 13.8 Å². The van der Waals surface area contributed by atoms with Crippen LogP contribution in [-0.4, -0.2) is 34.4 Å². The number of carbonyl (C=O) groups excluding carboxylic acids is 1. The van der Waals surface area contributed by atoms with Gasteiger partial charge in [-0.2, -0.15) is 4.98 Å². The fourth-order valence-corrected chi connectivity index (χ4v) is 2.73. The predicted octanol–water partition coefficient (Wildman–Crippen LogP) is 3.75. The van der Waals surface area contributed by atoms with Gasteiger partial charge in [0, 0.05) is 11.8 Å². The highest BCUT2D eigenvalue weighted by Crippen LogP contribution is 2.36. The molecule has 1 aliphatic heterocycles. The van der Waals surface area contributed by atoms with Gasteiger partial charge in [0.05, 0.1) is 18.5 Å². The van der Waals surface area contributed by atoms with E-state index < -0.39 is 18.6 Å². The first-order chi connectivity index (χ1) is 13.3. The molecule has 10 heteroatoms. The number of nitrogens with one attached hydrogen (secondary N) is 3. The van der Waals surface area contributed by atoms with Gasteiger partial charge in [0.15, 0.2) is 17.0 Å². The molecule has 0 spiro atoms. The van der Waals surface area contributed by atoms with Crippen LogP contribution in [0, 0.1) is 0 Å². The highest BCUT2D eigenvalue weighted by Gasteiger charge is 2.35. The summed E-state index contributed by atoms with van der Waals surface area (Å²) in [6.45, 7) is 2.79. The monoisotopic (exact) mass is 389 g/mol. The van der Waals surface area contributed by atoms with Crippen LogP contribution in [0.2, 0.25) is 0 Å².